The van der Waals surface area contributed by atoms with Gasteiger partial charge < -0.3 is 15.2 Å². The molecule has 2 aromatic rings. The zero-order chi connectivity index (χ0) is 17.4. The van der Waals surface area contributed by atoms with Gasteiger partial charge in [0.15, 0.2) is 5.96 Å². The lowest BCUT2D eigenvalue weighted by Crippen LogP contribution is -2.38. The molecule has 0 aliphatic carbocycles. The van der Waals surface area contributed by atoms with Gasteiger partial charge in [0.05, 0.1) is 25.0 Å². The van der Waals surface area contributed by atoms with E-state index < -0.39 is 0 Å². The molecule has 0 fully saturated rings. The summed E-state index contributed by atoms with van der Waals surface area (Å²) in [6.45, 7) is 11.2. The first-order valence-corrected chi connectivity index (χ1v) is 8.65. The van der Waals surface area contributed by atoms with Crippen LogP contribution in [-0.4, -0.2) is 34.0 Å². The molecule has 0 saturated heterocycles. The second-order valence-corrected chi connectivity index (χ2v) is 5.64. The summed E-state index contributed by atoms with van der Waals surface area (Å²) in [4.78, 5) is 4.67. The molecule has 2 aromatic heterocycles. The number of aromatic nitrogens is 3. The molecule has 7 nitrogen and oxygen atoms in total. The van der Waals surface area contributed by atoms with Crippen molar-refractivity contribution in [1.29, 1.82) is 0 Å². The monoisotopic (exact) mass is 332 g/mol. The number of hydrogen-bond donors (Lipinski definition) is 2. The Morgan fingerprint density at radius 2 is 2.08 bits per heavy atom. The molecule has 0 aliphatic heterocycles. The molecule has 24 heavy (non-hydrogen) atoms. The fourth-order valence-corrected chi connectivity index (χ4v) is 2.49. The van der Waals surface area contributed by atoms with Crippen LogP contribution in [0.5, 0.6) is 0 Å². The number of rotatable bonds is 8. The zero-order valence-corrected chi connectivity index (χ0v) is 15.1. The third kappa shape index (κ3) is 4.84. The topological polar surface area (TPSA) is 80.3 Å². The second-order valence-electron chi connectivity index (χ2n) is 5.64. The molecule has 0 bridgehead atoms. The van der Waals surface area contributed by atoms with Crippen LogP contribution in [0.15, 0.2) is 21.9 Å². The summed E-state index contributed by atoms with van der Waals surface area (Å²) >= 11 is 0. The van der Waals surface area contributed by atoms with E-state index >= 15 is 0 Å². The Bertz CT molecular complexity index is 636. The predicted molar refractivity (Wildman–Crippen MR) is 95.0 cm³/mol. The molecule has 0 saturated carbocycles. The van der Waals surface area contributed by atoms with E-state index in [4.69, 9.17) is 4.52 Å². The van der Waals surface area contributed by atoms with Crippen molar-refractivity contribution in [3.05, 3.63) is 35.0 Å². The zero-order valence-electron chi connectivity index (χ0n) is 15.1. The first kappa shape index (κ1) is 18.0. The number of hydrogen-bond acceptors (Lipinski definition) is 4. The maximum absolute atomic E-state index is 5.40. The predicted octanol–water partition coefficient (Wildman–Crippen LogP) is 2.06. The Morgan fingerprint density at radius 1 is 1.25 bits per heavy atom. The van der Waals surface area contributed by atoms with Crippen LogP contribution < -0.4 is 10.6 Å². The summed E-state index contributed by atoms with van der Waals surface area (Å²) in [6.07, 6.45) is 5.59. The number of nitrogens with zero attached hydrogens (tertiary/aromatic N) is 4. The molecule has 0 unspecified atom stereocenters. The van der Waals surface area contributed by atoms with E-state index in [0.717, 1.165) is 55.5 Å². The number of nitrogens with one attached hydrogen (secondary N) is 2. The van der Waals surface area contributed by atoms with E-state index in [2.05, 4.69) is 46.7 Å². The molecule has 2 N–H and O–H groups in total. The van der Waals surface area contributed by atoms with Gasteiger partial charge in [0.2, 0.25) is 0 Å². The highest BCUT2D eigenvalue weighted by Crippen LogP contribution is 2.16. The fraction of sp³-hybridized carbons (Fsp3) is 0.588. The van der Waals surface area contributed by atoms with Gasteiger partial charge in [-0.15, -0.1) is 0 Å². The average Bonchev–Trinajstić information content (AvgIpc) is 3.17. The molecule has 132 valence electrons. The van der Waals surface area contributed by atoms with Gasteiger partial charge in [-0.1, -0.05) is 19.0 Å². The Morgan fingerprint density at radius 3 is 2.71 bits per heavy atom. The quantitative estimate of drug-likeness (QED) is 0.571. The minimum atomic E-state index is 0.575. The van der Waals surface area contributed by atoms with E-state index in [1.807, 2.05) is 24.0 Å². The number of aliphatic imine (C=N–C) groups is 1. The highest BCUT2D eigenvalue weighted by Gasteiger charge is 2.13. The normalized spacial score (nSPS) is 11.8. The lowest BCUT2D eigenvalue weighted by Gasteiger charge is -2.11. The van der Waals surface area contributed by atoms with Gasteiger partial charge >= 0.3 is 0 Å². The largest absolute Gasteiger partial charge is 0.361 e. The smallest absolute Gasteiger partial charge is 0.191 e. The van der Waals surface area contributed by atoms with Crippen LogP contribution in [0.1, 0.15) is 43.4 Å². The van der Waals surface area contributed by atoms with Gasteiger partial charge in [-0.2, -0.15) is 5.10 Å². The SMILES string of the molecule is CCNC(=NCc1c(CC)noc1CC)NCCn1cc(C)cn1. The van der Waals surface area contributed by atoms with Gasteiger partial charge in [-0.3, -0.25) is 4.68 Å². The molecule has 0 spiro atoms. The van der Waals surface area contributed by atoms with E-state index in [0.29, 0.717) is 6.54 Å². The van der Waals surface area contributed by atoms with Gasteiger partial charge in [-0.05, 0) is 25.8 Å². The Labute approximate surface area is 143 Å². The molecule has 7 heteroatoms. The minimum Gasteiger partial charge on any atom is -0.361 e. The van der Waals surface area contributed by atoms with Crippen molar-refractivity contribution < 1.29 is 4.52 Å². The molecular formula is C17H28N6O. The van der Waals surface area contributed by atoms with Gasteiger partial charge in [0.25, 0.3) is 0 Å². The molecule has 0 amide bonds. The van der Waals surface area contributed by atoms with Crippen LogP contribution >= 0.6 is 0 Å². The minimum absolute atomic E-state index is 0.575. The molecular weight excluding hydrogens is 304 g/mol. The van der Waals surface area contributed by atoms with Crippen molar-refractivity contribution in [3.63, 3.8) is 0 Å². The van der Waals surface area contributed by atoms with Crippen molar-refractivity contribution in [3.8, 4) is 0 Å². The first-order chi connectivity index (χ1) is 11.7. The number of guanidine groups is 1. The average molecular weight is 332 g/mol. The standard InChI is InChI=1S/C17H28N6O/c1-5-15-14(16(6-2)24-22-15)11-20-17(18-7-3)19-8-9-23-12-13(4)10-21-23/h10,12H,5-9,11H2,1-4H3,(H2,18,19,20). The highest BCUT2D eigenvalue weighted by molar-refractivity contribution is 5.79. The van der Waals surface area contributed by atoms with Crippen molar-refractivity contribution in [2.75, 3.05) is 13.1 Å². The van der Waals surface area contributed by atoms with E-state index in [-0.39, 0.29) is 0 Å². The van der Waals surface area contributed by atoms with Crippen LogP contribution in [0, 0.1) is 6.92 Å². The molecule has 2 heterocycles. The summed E-state index contributed by atoms with van der Waals surface area (Å²) in [6, 6.07) is 0. The third-order valence-electron chi connectivity index (χ3n) is 3.74. The highest BCUT2D eigenvalue weighted by atomic mass is 16.5. The molecule has 0 atom stereocenters. The van der Waals surface area contributed by atoms with Crippen LogP contribution in [0.2, 0.25) is 0 Å². The van der Waals surface area contributed by atoms with Gasteiger partial charge in [-0.25, -0.2) is 4.99 Å². The molecule has 0 aliphatic rings. The summed E-state index contributed by atoms with van der Waals surface area (Å²) in [5.74, 6) is 1.73. The number of aryl methyl sites for hydroxylation is 3. The van der Waals surface area contributed by atoms with Crippen LogP contribution in [0.4, 0.5) is 0 Å². The third-order valence-corrected chi connectivity index (χ3v) is 3.74. The van der Waals surface area contributed by atoms with E-state index in [9.17, 15) is 0 Å². The van der Waals surface area contributed by atoms with Crippen molar-refractivity contribution in [2.24, 2.45) is 4.99 Å². The summed E-state index contributed by atoms with van der Waals surface area (Å²) in [5, 5.41) is 15.0. The van der Waals surface area contributed by atoms with E-state index in [1.54, 1.807) is 0 Å². The Hall–Kier alpha value is -2.31. The molecule has 0 radical (unpaired) electrons. The second kappa shape index (κ2) is 9.10. The van der Waals surface area contributed by atoms with E-state index in [1.165, 1.54) is 5.56 Å². The maximum Gasteiger partial charge on any atom is 0.191 e. The summed E-state index contributed by atoms with van der Waals surface area (Å²) in [5.41, 5.74) is 3.28. The van der Waals surface area contributed by atoms with Gasteiger partial charge in [0, 0.05) is 31.3 Å². The van der Waals surface area contributed by atoms with Crippen LogP contribution in [-0.2, 0) is 25.9 Å². The maximum atomic E-state index is 5.40. The fourth-order valence-electron chi connectivity index (χ4n) is 2.49. The first-order valence-electron chi connectivity index (χ1n) is 8.65. The van der Waals surface area contributed by atoms with Gasteiger partial charge in [0.1, 0.15) is 5.76 Å². The Kier molecular flexibility index (Phi) is 6.84. The van der Waals surface area contributed by atoms with Crippen molar-refractivity contribution >= 4 is 5.96 Å². The summed E-state index contributed by atoms with van der Waals surface area (Å²) < 4.78 is 7.32. The lowest BCUT2D eigenvalue weighted by atomic mass is 10.1. The molecule has 0 aromatic carbocycles. The lowest BCUT2D eigenvalue weighted by molar-refractivity contribution is 0.380. The Balaban J connectivity index is 1.96. The summed E-state index contributed by atoms with van der Waals surface area (Å²) in [7, 11) is 0. The van der Waals surface area contributed by atoms with Crippen molar-refractivity contribution in [1.82, 2.24) is 25.6 Å². The van der Waals surface area contributed by atoms with Crippen LogP contribution in [0.3, 0.4) is 0 Å². The van der Waals surface area contributed by atoms with Crippen molar-refractivity contribution in [2.45, 2.75) is 53.6 Å². The van der Waals surface area contributed by atoms with Crippen LogP contribution in [0.25, 0.3) is 0 Å². The molecule has 2 rings (SSSR count).